The Labute approximate surface area is 126 Å². The van der Waals surface area contributed by atoms with Crippen LogP contribution in [-0.4, -0.2) is 30.1 Å². The molecule has 0 spiro atoms. The van der Waals surface area contributed by atoms with Gasteiger partial charge in [0.05, 0.1) is 6.10 Å². The van der Waals surface area contributed by atoms with Gasteiger partial charge in [-0.05, 0) is 63.0 Å². The molecule has 2 unspecified atom stereocenters. The third-order valence-corrected chi connectivity index (χ3v) is 4.88. The average molecular weight is 288 g/mol. The maximum Gasteiger partial charge on any atom is 0.270 e. The number of pyridine rings is 1. The molecule has 1 amide bonds. The van der Waals surface area contributed by atoms with Crippen molar-refractivity contribution in [2.75, 3.05) is 7.11 Å². The zero-order valence-electron chi connectivity index (χ0n) is 12.8. The van der Waals surface area contributed by atoms with E-state index >= 15 is 0 Å². The van der Waals surface area contributed by atoms with Gasteiger partial charge in [0.15, 0.2) is 0 Å². The van der Waals surface area contributed by atoms with Gasteiger partial charge in [-0.1, -0.05) is 6.07 Å². The van der Waals surface area contributed by atoms with E-state index in [2.05, 4.69) is 10.3 Å². The summed E-state index contributed by atoms with van der Waals surface area (Å²) in [5, 5.41) is 3.18. The maximum absolute atomic E-state index is 12.3. The molecule has 1 N–H and O–H groups in total. The van der Waals surface area contributed by atoms with Crippen LogP contribution in [0.15, 0.2) is 18.2 Å². The molecule has 2 aliphatic rings. The number of hydrogen-bond donors (Lipinski definition) is 1. The minimum absolute atomic E-state index is 0.0352. The van der Waals surface area contributed by atoms with Crippen LogP contribution in [0.1, 0.15) is 48.3 Å². The second-order valence-electron chi connectivity index (χ2n) is 6.60. The van der Waals surface area contributed by atoms with E-state index in [4.69, 9.17) is 4.74 Å². The van der Waals surface area contributed by atoms with E-state index in [0.29, 0.717) is 29.7 Å². The first-order valence-corrected chi connectivity index (χ1v) is 7.91. The molecular formula is C17H24N2O2. The van der Waals surface area contributed by atoms with Crippen molar-refractivity contribution in [3.05, 3.63) is 29.6 Å². The first-order chi connectivity index (χ1) is 10.1. The van der Waals surface area contributed by atoms with Gasteiger partial charge in [0.25, 0.3) is 5.91 Å². The highest BCUT2D eigenvalue weighted by Crippen LogP contribution is 2.40. The minimum Gasteiger partial charge on any atom is -0.381 e. The number of ether oxygens (including phenoxy) is 1. The van der Waals surface area contributed by atoms with Crippen molar-refractivity contribution in [1.29, 1.82) is 0 Å². The second kappa shape index (κ2) is 6.14. The first kappa shape index (κ1) is 14.5. The van der Waals surface area contributed by atoms with Gasteiger partial charge < -0.3 is 10.1 Å². The summed E-state index contributed by atoms with van der Waals surface area (Å²) in [4.78, 5) is 16.6. The Hall–Kier alpha value is -1.42. The van der Waals surface area contributed by atoms with Crippen LogP contribution < -0.4 is 5.32 Å². The van der Waals surface area contributed by atoms with Gasteiger partial charge in [0, 0.05) is 18.8 Å². The molecular weight excluding hydrogens is 264 g/mol. The Morgan fingerprint density at radius 3 is 2.52 bits per heavy atom. The molecule has 21 heavy (non-hydrogen) atoms. The van der Waals surface area contributed by atoms with Gasteiger partial charge in [-0.2, -0.15) is 0 Å². The molecule has 4 heteroatoms. The van der Waals surface area contributed by atoms with Crippen molar-refractivity contribution < 1.29 is 9.53 Å². The molecule has 0 aliphatic heterocycles. The highest BCUT2D eigenvalue weighted by Gasteiger charge is 2.36. The molecule has 2 bridgehead atoms. The summed E-state index contributed by atoms with van der Waals surface area (Å²) in [6.07, 6.45) is 6.16. The van der Waals surface area contributed by atoms with E-state index in [1.54, 1.807) is 6.07 Å². The molecule has 0 saturated heterocycles. The zero-order chi connectivity index (χ0) is 14.8. The minimum atomic E-state index is -0.0352. The number of carbonyl (C=O) groups excluding carboxylic acids is 1. The van der Waals surface area contributed by atoms with Crippen LogP contribution in [0.2, 0.25) is 0 Å². The van der Waals surface area contributed by atoms with Gasteiger partial charge in [-0.15, -0.1) is 0 Å². The summed E-state index contributed by atoms with van der Waals surface area (Å²) < 4.78 is 5.53. The fourth-order valence-electron chi connectivity index (χ4n) is 4.03. The fourth-order valence-corrected chi connectivity index (χ4v) is 4.03. The maximum atomic E-state index is 12.3. The topological polar surface area (TPSA) is 51.2 Å². The number of methoxy groups -OCH3 is 1. The normalized spacial score (nSPS) is 31.7. The van der Waals surface area contributed by atoms with Gasteiger partial charge in [-0.3, -0.25) is 4.79 Å². The van der Waals surface area contributed by atoms with Crippen LogP contribution in [0.4, 0.5) is 0 Å². The van der Waals surface area contributed by atoms with Crippen molar-refractivity contribution in [2.45, 2.75) is 51.2 Å². The molecule has 2 fully saturated rings. The number of nitrogens with zero attached hydrogens (tertiary/aromatic N) is 1. The van der Waals surface area contributed by atoms with E-state index in [1.807, 2.05) is 26.2 Å². The summed E-state index contributed by atoms with van der Waals surface area (Å²) in [5.41, 5.74) is 1.41. The summed E-state index contributed by atoms with van der Waals surface area (Å²) in [6.45, 7) is 1.91. The fraction of sp³-hybridized carbons (Fsp3) is 0.647. The summed E-state index contributed by atoms with van der Waals surface area (Å²) >= 11 is 0. The van der Waals surface area contributed by atoms with Gasteiger partial charge in [0.2, 0.25) is 0 Å². The molecule has 2 aliphatic carbocycles. The molecule has 0 radical (unpaired) electrons. The zero-order valence-corrected chi connectivity index (χ0v) is 12.8. The van der Waals surface area contributed by atoms with E-state index in [1.165, 1.54) is 6.42 Å². The van der Waals surface area contributed by atoms with Crippen LogP contribution in [0.25, 0.3) is 0 Å². The lowest BCUT2D eigenvalue weighted by Crippen LogP contribution is -2.44. The predicted molar refractivity (Wildman–Crippen MR) is 81.1 cm³/mol. The third-order valence-electron chi connectivity index (χ3n) is 4.88. The molecule has 1 aromatic rings. The number of aromatic nitrogens is 1. The second-order valence-corrected chi connectivity index (χ2v) is 6.60. The smallest absolute Gasteiger partial charge is 0.270 e. The van der Waals surface area contributed by atoms with Crippen LogP contribution in [0.5, 0.6) is 0 Å². The Morgan fingerprint density at radius 1 is 1.19 bits per heavy atom. The average Bonchev–Trinajstić information content (AvgIpc) is 2.46. The number of hydrogen-bond acceptors (Lipinski definition) is 3. The highest BCUT2D eigenvalue weighted by molar-refractivity contribution is 5.92. The Balaban J connectivity index is 1.60. The van der Waals surface area contributed by atoms with Crippen molar-refractivity contribution in [2.24, 2.45) is 11.8 Å². The Kier molecular flexibility index (Phi) is 4.24. The lowest BCUT2D eigenvalue weighted by atomic mass is 9.69. The van der Waals surface area contributed by atoms with Crippen LogP contribution in [0, 0.1) is 18.8 Å². The van der Waals surface area contributed by atoms with E-state index < -0.39 is 0 Å². The van der Waals surface area contributed by atoms with Crippen LogP contribution >= 0.6 is 0 Å². The van der Waals surface area contributed by atoms with Crippen molar-refractivity contribution in [3.63, 3.8) is 0 Å². The van der Waals surface area contributed by atoms with Crippen molar-refractivity contribution in [3.8, 4) is 0 Å². The predicted octanol–water partition coefficient (Wildman–Crippen LogP) is 2.71. The molecule has 4 nitrogen and oxygen atoms in total. The largest absolute Gasteiger partial charge is 0.381 e. The third kappa shape index (κ3) is 3.43. The molecule has 2 saturated carbocycles. The molecule has 2 atom stereocenters. The van der Waals surface area contributed by atoms with E-state index in [9.17, 15) is 4.79 Å². The lowest BCUT2D eigenvalue weighted by Gasteiger charge is -2.42. The molecule has 114 valence electrons. The SMILES string of the molecule is COC1CC2CC(CC(NC(=O)c3cccc(C)n3)C2)C1. The monoisotopic (exact) mass is 288 g/mol. The number of aryl methyl sites for hydroxylation is 1. The van der Waals surface area contributed by atoms with Crippen LogP contribution in [-0.2, 0) is 4.74 Å². The van der Waals surface area contributed by atoms with Gasteiger partial charge in [0.1, 0.15) is 5.69 Å². The number of rotatable bonds is 3. The number of amides is 1. The number of fused-ring (bicyclic) bond motifs is 2. The van der Waals surface area contributed by atoms with E-state index in [-0.39, 0.29) is 5.91 Å². The molecule has 1 heterocycles. The Morgan fingerprint density at radius 2 is 1.90 bits per heavy atom. The van der Waals surface area contributed by atoms with E-state index in [0.717, 1.165) is 31.4 Å². The summed E-state index contributed by atoms with van der Waals surface area (Å²) in [5.74, 6) is 1.35. The van der Waals surface area contributed by atoms with Gasteiger partial charge >= 0.3 is 0 Å². The summed E-state index contributed by atoms with van der Waals surface area (Å²) in [7, 11) is 1.81. The molecule has 0 aromatic carbocycles. The van der Waals surface area contributed by atoms with Crippen LogP contribution in [0.3, 0.4) is 0 Å². The lowest BCUT2D eigenvalue weighted by molar-refractivity contribution is 0.00389. The first-order valence-electron chi connectivity index (χ1n) is 7.91. The summed E-state index contributed by atoms with van der Waals surface area (Å²) in [6, 6.07) is 5.87. The molecule has 1 aromatic heterocycles. The Bertz CT molecular complexity index is 503. The molecule has 3 rings (SSSR count). The quantitative estimate of drug-likeness (QED) is 0.930. The highest BCUT2D eigenvalue weighted by atomic mass is 16.5. The van der Waals surface area contributed by atoms with Crippen molar-refractivity contribution >= 4 is 5.91 Å². The van der Waals surface area contributed by atoms with Gasteiger partial charge in [-0.25, -0.2) is 4.98 Å². The number of nitrogens with one attached hydrogen (secondary N) is 1. The van der Waals surface area contributed by atoms with Crippen molar-refractivity contribution in [1.82, 2.24) is 10.3 Å². The standard InChI is InChI=1S/C17H24N2O2/c1-11-4-3-5-16(18-11)17(20)19-14-7-12-6-13(8-14)10-15(9-12)21-2/h3-5,12-15H,6-10H2,1-2H3,(H,19,20). The number of carbonyl (C=O) groups is 1.